The zero-order valence-electron chi connectivity index (χ0n) is 40.7. The van der Waals surface area contributed by atoms with Gasteiger partial charge in [0.2, 0.25) is 0 Å². The monoisotopic (exact) mass is 921 g/mol. The standard InChI is InChI=1S/C52H90NO10P/c1-6-8-10-11-12-13-14-15-16-17-18-19-20-21-22-23-27-30-36-43-52(57)63-50(47-62-64(58,59)61-45-44-53(3,4)5)46-60-51(56)42-37-31-35-41-49(55)40-34-29-26-24-25-28-33-39-48(54)38-32-9-7-2/h9,15-16,25-26,28-29,32-35,39-41,48-50,54-55H,6-8,10-14,17-24,27,30-31,36-38,42-47H2,1-5H3/p+1/b16-15-,28-25-,29-26-,32-9-,39-33+,40-34+,41-35-/t48-,49-,50-/m1/s1. The highest BCUT2D eigenvalue weighted by atomic mass is 31.2. The topological polar surface area (TPSA) is 149 Å². The molecule has 64 heavy (non-hydrogen) atoms. The molecule has 4 atom stereocenters. The van der Waals surface area contributed by atoms with Crippen LogP contribution in [0.1, 0.15) is 168 Å². The van der Waals surface area contributed by atoms with Crippen molar-refractivity contribution in [3.8, 4) is 0 Å². The lowest BCUT2D eigenvalue weighted by atomic mass is 10.1. The maximum absolute atomic E-state index is 12.7. The third-order valence-electron chi connectivity index (χ3n) is 10.1. The van der Waals surface area contributed by atoms with Crippen molar-refractivity contribution in [1.29, 1.82) is 0 Å². The van der Waals surface area contributed by atoms with Crippen molar-refractivity contribution in [1.82, 2.24) is 0 Å². The molecule has 0 amide bonds. The third kappa shape index (κ3) is 45.7. The van der Waals surface area contributed by atoms with Gasteiger partial charge >= 0.3 is 19.8 Å². The van der Waals surface area contributed by atoms with Crippen LogP contribution < -0.4 is 0 Å². The maximum atomic E-state index is 12.7. The van der Waals surface area contributed by atoms with Crippen LogP contribution in [-0.4, -0.2) is 97.3 Å². The lowest BCUT2D eigenvalue weighted by Gasteiger charge is -2.24. The molecule has 0 heterocycles. The zero-order chi connectivity index (χ0) is 47.4. The van der Waals surface area contributed by atoms with Gasteiger partial charge in [-0.05, 0) is 64.2 Å². The molecular weight excluding hydrogens is 830 g/mol. The molecule has 0 aliphatic rings. The van der Waals surface area contributed by atoms with Crippen molar-refractivity contribution < 1.29 is 52.3 Å². The van der Waals surface area contributed by atoms with Crippen LogP contribution in [-0.2, 0) is 32.7 Å². The summed E-state index contributed by atoms with van der Waals surface area (Å²) >= 11 is 0. The van der Waals surface area contributed by atoms with Crippen molar-refractivity contribution in [2.75, 3.05) is 47.5 Å². The van der Waals surface area contributed by atoms with Crippen LogP contribution in [0.4, 0.5) is 0 Å². The first kappa shape index (κ1) is 61.1. The normalized spacial score (nSPS) is 15.2. The fraction of sp³-hybridized carbons (Fsp3) is 0.692. The van der Waals surface area contributed by atoms with E-state index in [-0.39, 0.29) is 26.1 Å². The van der Waals surface area contributed by atoms with E-state index >= 15 is 0 Å². The molecule has 0 bridgehead atoms. The van der Waals surface area contributed by atoms with Gasteiger partial charge in [0.25, 0.3) is 0 Å². The van der Waals surface area contributed by atoms with Crippen LogP contribution in [0.15, 0.2) is 85.1 Å². The summed E-state index contributed by atoms with van der Waals surface area (Å²) in [5.74, 6) is -0.989. The molecule has 1 unspecified atom stereocenters. The number of phosphoric ester groups is 1. The van der Waals surface area contributed by atoms with E-state index in [0.717, 1.165) is 25.7 Å². The molecule has 0 fully saturated rings. The number of nitrogens with zero attached hydrogens (tertiary/aromatic N) is 1. The van der Waals surface area contributed by atoms with E-state index in [4.69, 9.17) is 18.5 Å². The maximum Gasteiger partial charge on any atom is 0.472 e. The number of hydrogen-bond donors (Lipinski definition) is 3. The largest absolute Gasteiger partial charge is 0.472 e. The lowest BCUT2D eigenvalue weighted by molar-refractivity contribution is -0.870. The number of likely N-dealkylation sites (N-methyl/N-ethyl adjacent to an activating group) is 1. The minimum absolute atomic E-state index is 0.00578. The lowest BCUT2D eigenvalue weighted by Crippen LogP contribution is -2.37. The number of unbranched alkanes of at least 4 members (excludes halogenated alkanes) is 16. The molecule has 368 valence electrons. The predicted molar refractivity (Wildman–Crippen MR) is 264 cm³/mol. The van der Waals surface area contributed by atoms with Gasteiger partial charge in [0, 0.05) is 12.8 Å². The molecular formula is C52H91NO10P+. The number of quaternary nitrogens is 1. The Morgan fingerprint density at radius 3 is 1.77 bits per heavy atom. The van der Waals surface area contributed by atoms with E-state index < -0.39 is 44.7 Å². The van der Waals surface area contributed by atoms with Gasteiger partial charge in [-0.25, -0.2) is 4.57 Å². The highest BCUT2D eigenvalue weighted by Gasteiger charge is 2.27. The molecule has 0 saturated carbocycles. The van der Waals surface area contributed by atoms with Gasteiger partial charge in [-0.15, -0.1) is 0 Å². The number of aliphatic hydroxyl groups is 2. The minimum atomic E-state index is -4.43. The first-order valence-corrected chi connectivity index (χ1v) is 26.0. The summed E-state index contributed by atoms with van der Waals surface area (Å²) in [6.07, 6.45) is 48.5. The van der Waals surface area contributed by atoms with Crippen LogP contribution in [0.2, 0.25) is 0 Å². The van der Waals surface area contributed by atoms with E-state index in [1.165, 1.54) is 83.5 Å². The third-order valence-corrected chi connectivity index (χ3v) is 11.1. The predicted octanol–water partition coefficient (Wildman–Crippen LogP) is 12.3. The molecule has 0 saturated heterocycles. The van der Waals surface area contributed by atoms with E-state index in [9.17, 15) is 29.3 Å². The van der Waals surface area contributed by atoms with Crippen molar-refractivity contribution >= 4 is 19.8 Å². The van der Waals surface area contributed by atoms with Gasteiger partial charge in [0.1, 0.15) is 19.8 Å². The zero-order valence-corrected chi connectivity index (χ0v) is 41.6. The number of allylic oxidation sites excluding steroid dienone is 10. The van der Waals surface area contributed by atoms with Crippen molar-refractivity contribution in [2.24, 2.45) is 0 Å². The molecule has 0 aromatic rings. The van der Waals surface area contributed by atoms with Gasteiger partial charge in [-0.1, -0.05) is 176 Å². The van der Waals surface area contributed by atoms with Crippen LogP contribution in [0.3, 0.4) is 0 Å². The van der Waals surface area contributed by atoms with Crippen LogP contribution in [0, 0.1) is 0 Å². The number of carbonyl (C=O) groups excluding carboxylic acids is 2. The molecule has 3 N–H and O–H groups in total. The number of hydrogen-bond acceptors (Lipinski definition) is 9. The fourth-order valence-electron chi connectivity index (χ4n) is 6.22. The highest BCUT2D eigenvalue weighted by Crippen LogP contribution is 2.43. The second-order valence-corrected chi connectivity index (χ2v) is 19.0. The van der Waals surface area contributed by atoms with Crippen LogP contribution >= 0.6 is 7.82 Å². The number of aliphatic hydroxyl groups excluding tert-OH is 2. The molecule has 0 radical (unpaired) electrons. The summed E-state index contributed by atoms with van der Waals surface area (Å²) < 4.78 is 34.2. The number of phosphoric acid groups is 1. The second kappa shape index (κ2) is 42.7. The summed E-state index contributed by atoms with van der Waals surface area (Å²) in [6.45, 7) is 4.00. The Kier molecular flexibility index (Phi) is 40.8. The van der Waals surface area contributed by atoms with Crippen LogP contribution in [0.25, 0.3) is 0 Å². The molecule has 0 aromatic heterocycles. The number of esters is 2. The molecule has 0 aromatic carbocycles. The Hall–Kier alpha value is -2.89. The first-order valence-electron chi connectivity index (χ1n) is 24.5. The summed E-state index contributed by atoms with van der Waals surface area (Å²) in [5.41, 5.74) is 0. The summed E-state index contributed by atoms with van der Waals surface area (Å²) in [5, 5.41) is 20.1. The first-order chi connectivity index (χ1) is 30.8. The number of carbonyl (C=O) groups is 2. The summed E-state index contributed by atoms with van der Waals surface area (Å²) in [4.78, 5) is 35.5. The van der Waals surface area contributed by atoms with E-state index in [1.54, 1.807) is 30.4 Å². The quantitative estimate of drug-likeness (QED) is 0.0135. The smallest absolute Gasteiger partial charge is 0.462 e. The van der Waals surface area contributed by atoms with Crippen molar-refractivity contribution in [2.45, 2.75) is 186 Å². The molecule has 12 heteroatoms. The minimum Gasteiger partial charge on any atom is -0.462 e. The summed E-state index contributed by atoms with van der Waals surface area (Å²) in [7, 11) is 1.35. The average molecular weight is 921 g/mol. The van der Waals surface area contributed by atoms with E-state index in [0.29, 0.717) is 43.1 Å². The van der Waals surface area contributed by atoms with Gasteiger partial charge < -0.3 is 29.1 Å². The van der Waals surface area contributed by atoms with Gasteiger partial charge in [0.15, 0.2) is 6.10 Å². The molecule has 11 nitrogen and oxygen atoms in total. The van der Waals surface area contributed by atoms with E-state index in [2.05, 4.69) is 26.0 Å². The Morgan fingerprint density at radius 2 is 1.16 bits per heavy atom. The Balaban J connectivity index is 4.53. The van der Waals surface area contributed by atoms with Gasteiger partial charge in [0.05, 0.1) is 40.0 Å². The molecule has 0 rings (SSSR count). The molecule has 0 spiro atoms. The number of rotatable bonds is 43. The Bertz CT molecular complexity index is 1400. The van der Waals surface area contributed by atoms with Crippen LogP contribution in [0.5, 0.6) is 0 Å². The molecule has 0 aliphatic carbocycles. The fourth-order valence-corrected chi connectivity index (χ4v) is 6.96. The number of ether oxygens (including phenoxy) is 2. The summed E-state index contributed by atoms with van der Waals surface area (Å²) in [6, 6.07) is 0. The van der Waals surface area contributed by atoms with Gasteiger partial charge in [-0.3, -0.25) is 18.6 Å². The Labute approximate surface area is 389 Å². The Morgan fingerprint density at radius 1 is 0.594 bits per heavy atom. The second-order valence-electron chi connectivity index (χ2n) is 17.5. The molecule has 0 aliphatic heterocycles. The average Bonchev–Trinajstić information content (AvgIpc) is 3.24. The SMILES string of the molecule is CC/C=C\C[C@@H](O)/C=C/C=C\C/C=C\C=C\[C@@H](O)/C=C\CCCC(=O)OC[C@H](COP(=O)(O)OCC[N+](C)(C)C)OC(=O)CCCCCCCCCCC/C=C\CCCCCCCC. The van der Waals surface area contributed by atoms with E-state index in [1.807, 2.05) is 63.7 Å². The van der Waals surface area contributed by atoms with Crippen molar-refractivity contribution in [3.63, 3.8) is 0 Å². The van der Waals surface area contributed by atoms with Crippen molar-refractivity contribution in [3.05, 3.63) is 85.1 Å². The van der Waals surface area contributed by atoms with Gasteiger partial charge in [-0.2, -0.15) is 0 Å². The highest BCUT2D eigenvalue weighted by molar-refractivity contribution is 7.47.